The molecule has 0 aliphatic carbocycles. The highest BCUT2D eigenvalue weighted by atomic mass is 16.3. The maximum absolute atomic E-state index is 9.32. The van der Waals surface area contributed by atoms with E-state index in [1.165, 1.54) is 6.20 Å². The zero-order valence-electron chi connectivity index (χ0n) is 7.88. The summed E-state index contributed by atoms with van der Waals surface area (Å²) in [6, 6.07) is 9.50. The highest BCUT2D eigenvalue weighted by Gasteiger charge is 2.02. The highest BCUT2D eigenvalue weighted by Crippen LogP contribution is 2.23. The molecule has 0 amide bonds. The summed E-state index contributed by atoms with van der Waals surface area (Å²) in [6.45, 7) is 0. The summed E-state index contributed by atoms with van der Waals surface area (Å²) >= 11 is 0. The second-order valence-corrected chi connectivity index (χ2v) is 3.41. The van der Waals surface area contributed by atoms with Gasteiger partial charge in [0, 0.05) is 17.0 Å². The van der Waals surface area contributed by atoms with Crippen LogP contribution in [0.3, 0.4) is 0 Å². The van der Waals surface area contributed by atoms with Crippen LogP contribution in [0.25, 0.3) is 21.8 Å². The predicted molar refractivity (Wildman–Crippen MR) is 58.7 cm³/mol. The van der Waals surface area contributed by atoms with E-state index in [4.69, 9.17) is 0 Å². The van der Waals surface area contributed by atoms with Gasteiger partial charge >= 0.3 is 0 Å². The van der Waals surface area contributed by atoms with E-state index in [2.05, 4.69) is 9.97 Å². The fourth-order valence-electron chi connectivity index (χ4n) is 1.72. The van der Waals surface area contributed by atoms with E-state index in [-0.39, 0.29) is 5.75 Å². The van der Waals surface area contributed by atoms with Gasteiger partial charge in [-0.05, 0) is 12.1 Å². The monoisotopic (exact) mass is 196 g/mol. The molecule has 3 rings (SSSR count). The maximum atomic E-state index is 9.32. The third-order valence-electron chi connectivity index (χ3n) is 2.41. The van der Waals surface area contributed by atoms with Gasteiger partial charge in [-0.3, -0.25) is 9.97 Å². The molecule has 0 saturated heterocycles. The number of benzene rings is 1. The van der Waals surface area contributed by atoms with Gasteiger partial charge in [0.05, 0.1) is 17.2 Å². The van der Waals surface area contributed by atoms with E-state index in [1.807, 2.05) is 24.3 Å². The molecule has 0 bridgehead atoms. The molecular formula is C12H8N2O. The van der Waals surface area contributed by atoms with E-state index >= 15 is 0 Å². The Hall–Kier alpha value is -2.16. The molecule has 3 heteroatoms. The van der Waals surface area contributed by atoms with Gasteiger partial charge in [-0.1, -0.05) is 18.2 Å². The van der Waals surface area contributed by atoms with Gasteiger partial charge in [0.1, 0.15) is 5.75 Å². The lowest BCUT2D eigenvalue weighted by molar-refractivity contribution is 0.474. The van der Waals surface area contributed by atoms with Gasteiger partial charge in [-0.2, -0.15) is 0 Å². The molecule has 2 heterocycles. The molecule has 1 N–H and O–H groups in total. The Labute approximate surface area is 86.0 Å². The Kier molecular flexibility index (Phi) is 1.59. The summed E-state index contributed by atoms with van der Waals surface area (Å²) in [5, 5.41) is 11.3. The number of aromatic nitrogens is 2. The first-order valence-corrected chi connectivity index (χ1v) is 4.67. The van der Waals surface area contributed by atoms with E-state index in [0.717, 1.165) is 21.8 Å². The van der Waals surface area contributed by atoms with Crippen LogP contribution in [0.4, 0.5) is 0 Å². The largest absolute Gasteiger partial charge is 0.506 e. The van der Waals surface area contributed by atoms with Gasteiger partial charge in [-0.25, -0.2) is 0 Å². The Bertz CT molecular complexity index is 649. The Morgan fingerprint density at radius 3 is 2.67 bits per heavy atom. The van der Waals surface area contributed by atoms with Crippen molar-refractivity contribution in [1.82, 2.24) is 9.97 Å². The van der Waals surface area contributed by atoms with Gasteiger partial charge in [0.2, 0.25) is 0 Å². The highest BCUT2D eigenvalue weighted by molar-refractivity contribution is 6.02. The van der Waals surface area contributed by atoms with E-state index < -0.39 is 0 Å². The standard InChI is InChI=1S/C12H8N2O/c15-10-6-9-4-3-8-2-1-5-13-11(8)12(9)14-7-10/h1-7,15H. The molecular weight excluding hydrogens is 188 g/mol. The summed E-state index contributed by atoms with van der Waals surface area (Å²) in [7, 11) is 0. The number of aromatic hydroxyl groups is 1. The average Bonchev–Trinajstić information content (AvgIpc) is 2.28. The number of pyridine rings is 2. The zero-order valence-corrected chi connectivity index (χ0v) is 7.88. The number of hydrogen-bond donors (Lipinski definition) is 1. The van der Waals surface area contributed by atoms with Crippen LogP contribution in [-0.4, -0.2) is 15.1 Å². The molecule has 0 radical (unpaired) electrons. The van der Waals surface area contributed by atoms with Crippen LogP contribution in [0.5, 0.6) is 5.75 Å². The summed E-state index contributed by atoms with van der Waals surface area (Å²) in [4.78, 5) is 8.49. The predicted octanol–water partition coefficient (Wildman–Crippen LogP) is 2.49. The minimum atomic E-state index is 0.179. The van der Waals surface area contributed by atoms with Crippen LogP contribution < -0.4 is 0 Å². The lowest BCUT2D eigenvalue weighted by atomic mass is 10.1. The first kappa shape index (κ1) is 8.17. The third-order valence-corrected chi connectivity index (χ3v) is 2.41. The number of rotatable bonds is 0. The van der Waals surface area contributed by atoms with Crippen LogP contribution in [0.1, 0.15) is 0 Å². The quantitative estimate of drug-likeness (QED) is 0.562. The number of nitrogens with zero attached hydrogens (tertiary/aromatic N) is 2. The molecule has 1 aromatic carbocycles. The van der Waals surface area contributed by atoms with Crippen molar-refractivity contribution >= 4 is 21.8 Å². The second kappa shape index (κ2) is 2.92. The lowest BCUT2D eigenvalue weighted by Gasteiger charge is -2.01. The van der Waals surface area contributed by atoms with Crippen LogP contribution in [0, 0.1) is 0 Å². The van der Waals surface area contributed by atoms with Crippen molar-refractivity contribution in [2.75, 3.05) is 0 Å². The molecule has 0 aliphatic heterocycles. The topological polar surface area (TPSA) is 46.0 Å². The van der Waals surface area contributed by atoms with Crippen molar-refractivity contribution in [3.63, 3.8) is 0 Å². The van der Waals surface area contributed by atoms with Gasteiger partial charge < -0.3 is 5.11 Å². The molecule has 0 spiro atoms. The van der Waals surface area contributed by atoms with Crippen molar-refractivity contribution in [2.45, 2.75) is 0 Å². The number of fused-ring (bicyclic) bond motifs is 3. The molecule has 0 fully saturated rings. The van der Waals surface area contributed by atoms with Crippen molar-refractivity contribution < 1.29 is 5.11 Å². The SMILES string of the molecule is Oc1cnc2c(ccc3cccnc32)c1. The number of hydrogen-bond acceptors (Lipinski definition) is 3. The van der Waals surface area contributed by atoms with E-state index in [0.29, 0.717) is 0 Å². The summed E-state index contributed by atoms with van der Waals surface area (Å²) < 4.78 is 0. The normalized spacial score (nSPS) is 10.9. The van der Waals surface area contributed by atoms with Gasteiger partial charge in [0.15, 0.2) is 0 Å². The first-order chi connectivity index (χ1) is 7.34. The molecule has 2 aromatic heterocycles. The fraction of sp³-hybridized carbons (Fsp3) is 0. The minimum absolute atomic E-state index is 0.179. The first-order valence-electron chi connectivity index (χ1n) is 4.67. The Morgan fingerprint density at radius 2 is 1.73 bits per heavy atom. The Morgan fingerprint density at radius 1 is 0.933 bits per heavy atom. The molecule has 15 heavy (non-hydrogen) atoms. The summed E-state index contributed by atoms with van der Waals surface area (Å²) in [6.07, 6.45) is 3.19. The van der Waals surface area contributed by atoms with Crippen molar-refractivity contribution in [3.05, 3.63) is 42.7 Å². The van der Waals surface area contributed by atoms with Crippen LogP contribution in [0.15, 0.2) is 42.7 Å². The van der Waals surface area contributed by atoms with Gasteiger partial charge in [-0.15, -0.1) is 0 Å². The fourth-order valence-corrected chi connectivity index (χ4v) is 1.72. The molecule has 3 aromatic rings. The second-order valence-electron chi connectivity index (χ2n) is 3.41. The summed E-state index contributed by atoms with van der Waals surface area (Å²) in [5.74, 6) is 0.179. The summed E-state index contributed by atoms with van der Waals surface area (Å²) in [5.41, 5.74) is 1.70. The smallest absolute Gasteiger partial charge is 0.134 e. The lowest BCUT2D eigenvalue weighted by Crippen LogP contribution is -1.83. The maximum Gasteiger partial charge on any atom is 0.134 e. The van der Waals surface area contributed by atoms with Crippen LogP contribution in [-0.2, 0) is 0 Å². The molecule has 72 valence electrons. The van der Waals surface area contributed by atoms with E-state index in [1.54, 1.807) is 12.3 Å². The molecule has 0 unspecified atom stereocenters. The van der Waals surface area contributed by atoms with Gasteiger partial charge in [0.25, 0.3) is 0 Å². The molecule has 0 atom stereocenters. The van der Waals surface area contributed by atoms with Crippen LogP contribution >= 0.6 is 0 Å². The molecule has 0 saturated carbocycles. The minimum Gasteiger partial charge on any atom is -0.506 e. The van der Waals surface area contributed by atoms with Crippen molar-refractivity contribution in [1.29, 1.82) is 0 Å². The van der Waals surface area contributed by atoms with Crippen molar-refractivity contribution in [3.8, 4) is 5.75 Å². The third kappa shape index (κ3) is 1.21. The Balaban J connectivity index is 2.55. The molecule has 3 nitrogen and oxygen atoms in total. The van der Waals surface area contributed by atoms with Crippen molar-refractivity contribution in [2.24, 2.45) is 0 Å². The zero-order chi connectivity index (χ0) is 10.3. The van der Waals surface area contributed by atoms with Crippen LogP contribution in [0.2, 0.25) is 0 Å². The molecule has 0 aliphatic rings. The van der Waals surface area contributed by atoms with E-state index in [9.17, 15) is 5.11 Å². The average molecular weight is 196 g/mol.